The second kappa shape index (κ2) is 3.91. The minimum atomic E-state index is -0.632. The SMILES string of the molecule is CC(C)(NC1Cc2ccccc2C1)C(N)=O. The number of nitrogens with two attached hydrogens (primary N) is 1. The molecule has 16 heavy (non-hydrogen) atoms. The summed E-state index contributed by atoms with van der Waals surface area (Å²) in [7, 11) is 0. The van der Waals surface area contributed by atoms with Gasteiger partial charge in [0.2, 0.25) is 5.91 Å². The number of benzene rings is 1. The number of amides is 1. The van der Waals surface area contributed by atoms with E-state index in [0.717, 1.165) is 12.8 Å². The summed E-state index contributed by atoms with van der Waals surface area (Å²) in [4.78, 5) is 11.2. The lowest BCUT2D eigenvalue weighted by Crippen LogP contribution is -2.54. The van der Waals surface area contributed by atoms with Crippen LogP contribution in [0.15, 0.2) is 24.3 Å². The first-order valence-corrected chi connectivity index (χ1v) is 5.63. The van der Waals surface area contributed by atoms with Crippen LogP contribution in [0.1, 0.15) is 25.0 Å². The molecular formula is C13H18N2O. The fourth-order valence-corrected chi connectivity index (χ4v) is 2.24. The summed E-state index contributed by atoms with van der Waals surface area (Å²) in [5, 5.41) is 3.33. The van der Waals surface area contributed by atoms with Gasteiger partial charge in [-0.05, 0) is 37.8 Å². The van der Waals surface area contributed by atoms with Gasteiger partial charge in [0.1, 0.15) is 0 Å². The first-order chi connectivity index (χ1) is 7.49. The third-order valence-electron chi connectivity index (χ3n) is 3.23. The molecule has 0 radical (unpaired) electrons. The average Bonchev–Trinajstić information content (AvgIpc) is 2.58. The van der Waals surface area contributed by atoms with E-state index in [2.05, 4.69) is 29.6 Å². The molecule has 0 heterocycles. The van der Waals surface area contributed by atoms with E-state index in [1.165, 1.54) is 11.1 Å². The van der Waals surface area contributed by atoms with Crippen molar-refractivity contribution in [3.63, 3.8) is 0 Å². The molecule has 2 rings (SSSR count). The van der Waals surface area contributed by atoms with Gasteiger partial charge < -0.3 is 11.1 Å². The van der Waals surface area contributed by atoms with Crippen LogP contribution in [-0.2, 0) is 17.6 Å². The third-order valence-corrected chi connectivity index (χ3v) is 3.23. The summed E-state index contributed by atoms with van der Waals surface area (Å²) in [6, 6.07) is 8.73. The summed E-state index contributed by atoms with van der Waals surface area (Å²) in [6.45, 7) is 3.66. The Balaban J connectivity index is 2.05. The van der Waals surface area contributed by atoms with Crippen molar-refractivity contribution >= 4 is 5.91 Å². The maximum absolute atomic E-state index is 11.2. The zero-order valence-corrected chi connectivity index (χ0v) is 9.79. The molecule has 0 saturated heterocycles. The number of primary amides is 1. The van der Waals surface area contributed by atoms with E-state index in [-0.39, 0.29) is 5.91 Å². The Kier molecular flexibility index (Phi) is 2.72. The molecule has 3 N–H and O–H groups in total. The normalized spacial score (nSPS) is 16.1. The second-order valence-electron chi connectivity index (χ2n) is 5.01. The first kappa shape index (κ1) is 11.1. The first-order valence-electron chi connectivity index (χ1n) is 5.63. The van der Waals surface area contributed by atoms with E-state index in [1.54, 1.807) is 0 Å². The van der Waals surface area contributed by atoms with Crippen molar-refractivity contribution < 1.29 is 4.79 Å². The van der Waals surface area contributed by atoms with E-state index in [4.69, 9.17) is 5.73 Å². The molecule has 0 fully saturated rings. The average molecular weight is 218 g/mol. The van der Waals surface area contributed by atoms with Gasteiger partial charge in [0, 0.05) is 6.04 Å². The smallest absolute Gasteiger partial charge is 0.237 e. The summed E-state index contributed by atoms with van der Waals surface area (Å²) in [6.07, 6.45) is 1.96. The van der Waals surface area contributed by atoms with Crippen molar-refractivity contribution in [1.29, 1.82) is 0 Å². The van der Waals surface area contributed by atoms with E-state index < -0.39 is 5.54 Å². The molecule has 86 valence electrons. The quantitative estimate of drug-likeness (QED) is 0.795. The lowest BCUT2D eigenvalue weighted by molar-refractivity contribution is -0.123. The summed E-state index contributed by atoms with van der Waals surface area (Å²) in [5.41, 5.74) is 7.47. The Morgan fingerprint density at radius 2 is 1.81 bits per heavy atom. The van der Waals surface area contributed by atoms with Crippen LogP contribution in [0, 0.1) is 0 Å². The molecule has 1 aromatic rings. The van der Waals surface area contributed by atoms with Gasteiger partial charge in [-0.25, -0.2) is 0 Å². The highest BCUT2D eigenvalue weighted by Crippen LogP contribution is 2.23. The number of hydrogen-bond acceptors (Lipinski definition) is 2. The lowest BCUT2D eigenvalue weighted by atomic mass is 10.0. The standard InChI is InChI=1S/C13H18N2O/c1-13(2,12(14)16)15-11-7-9-5-3-4-6-10(9)8-11/h3-6,11,15H,7-8H2,1-2H3,(H2,14,16). The maximum atomic E-state index is 11.2. The predicted octanol–water partition coefficient (Wildman–Crippen LogP) is 1.01. The Bertz CT molecular complexity index is 387. The zero-order valence-electron chi connectivity index (χ0n) is 9.79. The van der Waals surface area contributed by atoms with Crippen LogP contribution >= 0.6 is 0 Å². The number of carbonyl (C=O) groups excluding carboxylic acids is 1. The third kappa shape index (κ3) is 2.09. The minimum Gasteiger partial charge on any atom is -0.368 e. The molecule has 0 unspecified atom stereocenters. The van der Waals surface area contributed by atoms with Crippen molar-refractivity contribution in [2.45, 2.75) is 38.3 Å². The van der Waals surface area contributed by atoms with Crippen LogP contribution in [0.5, 0.6) is 0 Å². The molecule has 0 aliphatic heterocycles. The van der Waals surface area contributed by atoms with Crippen molar-refractivity contribution in [2.75, 3.05) is 0 Å². The molecule has 0 aromatic heterocycles. The van der Waals surface area contributed by atoms with Crippen LogP contribution in [-0.4, -0.2) is 17.5 Å². The molecule has 0 spiro atoms. The van der Waals surface area contributed by atoms with E-state index >= 15 is 0 Å². The van der Waals surface area contributed by atoms with Gasteiger partial charge in [-0.15, -0.1) is 0 Å². The second-order valence-corrected chi connectivity index (χ2v) is 5.01. The monoisotopic (exact) mass is 218 g/mol. The molecule has 0 atom stereocenters. The van der Waals surface area contributed by atoms with E-state index in [1.807, 2.05) is 13.8 Å². The van der Waals surface area contributed by atoms with Crippen molar-refractivity contribution in [3.8, 4) is 0 Å². The molecule has 0 saturated carbocycles. The van der Waals surface area contributed by atoms with Crippen LogP contribution in [0.25, 0.3) is 0 Å². The van der Waals surface area contributed by atoms with Gasteiger partial charge >= 0.3 is 0 Å². The van der Waals surface area contributed by atoms with Crippen LogP contribution in [0.2, 0.25) is 0 Å². The fourth-order valence-electron chi connectivity index (χ4n) is 2.24. The van der Waals surface area contributed by atoms with Gasteiger partial charge in [-0.3, -0.25) is 4.79 Å². The number of rotatable bonds is 3. The fraction of sp³-hybridized carbons (Fsp3) is 0.462. The Labute approximate surface area is 96.0 Å². The van der Waals surface area contributed by atoms with Crippen molar-refractivity contribution in [1.82, 2.24) is 5.32 Å². The molecule has 3 nitrogen and oxygen atoms in total. The largest absolute Gasteiger partial charge is 0.368 e. The molecule has 3 heteroatoms. The van der Waals surface area contributed by atoms with Gasteiger partial charge in [0.25, 0.3) is 0 Å². The zero-order chi connectivity index (χ0) is 11.8. The minimum absolute atomic E-state index is 0.302. The topological polar surface area (TPSA) is 55.1 Å². The lowest BCUT2D eigenvalue weighted by Gasteiger charge is -2.26. The number of nitrogens with one attached hydrogen (secondary N) is 1. The summed E-state index contributed by atoms with van der Waals surface area (Å²) < 4.78 is 0. The molecule has 1 amide bonds. The predicted molar refractivity (Wildman–Crippen MR) is 64.0 cm³/mol. The van der Waals surface area contributed by atoms with E-state index in [9.17, 15) is 4.79 Å². The number of hydrogen-bond donors (Lipinski definition) is 2. The number of carbonyl (C=O) groups is 1. The molecule has 1 aliphatic carbocycles. The Morgan fingerprint density at radius 1 is 1.31 bits per heavy atom. The van der Waals surface area contributed by atoms with Crippen LogP contribution < -0.4 is 11.1 Å². The molecule has 1 aliphatic rings. The number of fused-ring (bicyclic) bond motifs is 1. The highest BCUT2D eigenvalue weighted by Gasteiger charge is 2.30. The maximum Gasteiger partial charge on any atom is 0.237 e. The molecular weight excluding hydrogens is 200 g/mol. The van der Waals surface area contributed by atoms with Gasteiger partial charge in [0.15, 0.2) is 0 Å². The van der Waals surface area contributed by atoms with Gasteiger partial charge in [-0.1, -0.05) is 24.3 Å². The Hall–Kier alpha value is -1.35. The van der Waals surface area contributed by atoms with Crippen molar-refractivity contribution in [3.05, 3.63) is 35.4 Å². The highest BCUT2D eigenvalue weighted by molar-refractivity contribution is 5.83. The highest BCUT2D eigenvalue weighted by atomic mass is 16.1. The van der Waals surface area contributed by atoms with Crippen LogP contribution in [0.3, 0.4) is 0 Å². The Morgan fingerprint density at radius 3 is 2.25 bits per heavy atom. The van der Waals surface area contributed by atoms with Gasteiger partial charge in [-0.2, -0.15) is 0 Å². The summed E-state index contributed by atoms with van der Waals surface area (Å²) in [5.74, 6) is -0.302. The van der Waals surface area contributed by atoms with Crippen molar-refractivity contribution in [2.24, 2.45) is 5.73 Å². The van der Waals surface area contributed by atoms with E-state index in [0.29, 0.717) is 6.04 Å². The summed E-state index contributed by atoms with van der Waals surface area (Å²) >= 11 is 0. The van der Waals surface area contributed by atoms with Crippen LogP contribution in [0.4, 0.5) is 0 Å². The van der Waals surface area contributed by atoms with Gasteiger partial charge in [0.05, 0.1) is 5.54 Å². The molecule has 0 bridgehead atoms. The molecule has 1 aromatic carbocycles.